The van der Waals surface area contributed by atoms with E-state index in [4.69, 9.17) is 43.0 Å². The van der Waals surface area contributed by atoms with E-state index in [1.54, 1.807) is 0 Å². The average Bonchev–Trinajstić information content (AvgIpc) is 2.94. The number of hydrogen-bond donors (Lipinski definition) is 5. The van der Waals surface area contributed by atoms with Gasteiger partial charge in [0.25, 0.3) is 0 Å². The summed E-state index contributed by atoms with van der Waals surface area (Å²) in [4.78, 5) is 13.2. The van der Waals surface area contributed by atoms with E-state index >= 15 is 0 Å². The summed E-state index contributed by atoms with van der Waals surface area (Å²) in [6.45, 7) is -0.589. The van der Waals surface area contributed by atoms with E-state index in [0.29, 0.717) is 5.56 Å². The smallest absolute Gasteiger partial charge is 0.338 e. The molecule has 5 N–H and O–H groups in total. The van der Waals surface area contributed by atoms with Gasteiger partial charge in [-0.25, -0.2) is 4.79 Å². The van der Waals surface area contributed by atoms with Gasteiger partial charge < -0.3 is 49.2 Å². The summed E-state index contributed by atoms with van der Waals surface area (Å²) < 4.78 is 27.7. The Morgan fingerprint density at radius 3 is 1.86 bits per heavy atom. The Hall–Kier alpha value is -5.99. The molecule has 0 unspecified atom stereocenters. The molecule has 0 radical (unpaired) electrons. The van der Waals surface area contributed by atoms with Gasteiger partial charge in [0, 0.05) is 29.7 Å². The molecule has 0 amide bonds. The maximum atomic E-state index is 13.2. The third-order valence-electron chi connectivity index (χ3n) is 6.00. The van der Waals surface area contributed by atoms with E-state index in [-0.39, 0.29) is 66.1 Å². The summed E-state index contributed by atoms with van der Waals surface area (Å²) in [6.07, 6.45) is 13.3. The Morgan fingerprint density at radius 2 is 1.31 bits per heavy atom. The fraction of sp³-hybridized carbons (Fsp3) is 0.194. The molecule has 3 aromatic rings. The fourth-order valence-corrected chi connectivity index (χ4v) is 4.30. The van der Waals surface area contributed by atoms with Gasteiger partial charge in [-0.1, -0.05) is 17.8 Å². The van der Waals surface area contributed by atoms with Crippen molar-refractivity contribution in [2.75, 3.05) is 19.8 Å². The van der Waals surface area contributed by atoms with Crippen LogP contribution in [0.1, 0.15) is 27.6 Å². The molecule has 0 bridgehead atoms. The predicted octanol–water partition coefficient (Wildman–Crippen LogP) is 3.15. The number of phenolic OH excluding ortho intramolecular Hbond substituents is 5. The number of hydrogen-bond acceptors (Lipinski definition) is 11. The topological polar surface area (TPSA) is 164 Å². The maximum absolute atomic E-state index is 13.2. The summed E-state index contributed by atoms with van der Waals surface area (Å²) in [5, 5.41) is 51.9. The Morgan fingerprint density at radius 1 is 0.786 bits per heavy atom. The molecule has 0 aromatic heterocycles. The van der Waals surface area contributed by atoms with Crippen molar-refractivity contribution in [2.24, 2.45) is 0 Å². The SMILES string of the molecule is C#CCOc1cc(O)cc2c1C[C@@H](OC(=O)c1cc(O)c(OCC#C)c(O)c1)[C@@H](c1cc(O)c(OCC#C)c(O)c1)O2. The van der Waals surface area contributed by atoms with Crippen molar-refractivity contribution in [2.45, 2.75) is 18.6 Å². The van der Waals surface area contributed by atoms with Crippen molar-refractivity contribution in [1.29, 1.82) is 0 Å². The Kier molecular flexibility index (Phi) is 8.60. The van der Waals surface area contributed by atoms with E-state index in [0.717, 1.165) is 12.1 Å². The molecule has 42 heavy (non-hydrogen) atoms. The second kappa shape index (κ2) is 12.5. The lowest BCUT2D eigenvalue weighted by Crippen LogP contribution is -2.35. The highest BCUT2D eigenvalue weighted by atomic mass is 16.6. The minimum atomic E-state index is -1.15. The van der Waals surface area contributed by atoms with E-state index in [9.17, 15) is 30.3 Å². The lowest BCUT2D eigenvalue weighted by atomic mass is 9.93. The van der Waals surface area contributed by atoms with Crippen molar-refractivity contribution >= 4 is 5.97 Å². The van der Waals surface area contributed by atoms with Gasteiger partial charge in [0.1, 0.15) is 43.2 Å². The number of esters is 1. The van der Waals surface area contributed by atoms with Crippen LogP contribution in [0.3, 0.4) is 0 Å². The highest BCUT2D eigenvalue weighted by Crippen LogP contribution is 2.46. The highest BCUT2D eigenvalue weighted by Gasteiger charge is 2.38. The molecule has 4 rings (SSSR count). The molecule has 1 aliphatic heterocycles. The van der Waals surface area contributed by atoms with Crippen molar-refractivity contribution in [3.63, 3.8) is 0 Å². The minimum Gasteiger partial charge on any atom is -0.508 e. The molecule has 2 atom stereocenters. The van der Waals surface area contributed by atoms with Crippen LogP contribution in [0.25, 0.3) is 0 Å². The van der Waals surface area contributed by atoms with Gasteiger partial charge in [0.05, 0.1) is 5.56 Å². The van der Waals surface area contributed by atoms with Crippen LogP contribution in [0.5, 0.6) is 51.7 Å². The van der Waals surface area contributed by atoms with Gasteiger partial charge in [0.15, 0.2) is 29.1 Å². The number of fused-ring (bicyclic) bond motifs is 1. The average molecular weight is 573 g/mol. The summed E-state index contributed by atoms with van der Waals surface area (Å²) in [6, 6.07) is 7.15. The standard InChI is InChI=1S/C31H24O11/c1-4-7-38-25-14-19(32)15-26-20(25)16-27(28(41-26)17-10-21(33)29(22(34)11-17)39-8-5-2)42-31(37)18-12-23(35)30(24(36)13-18)40-9-6-3/h1-3,10-15,27-28,32-36H,7-9,16H2/t27-,28-/m1/s1. The normalized spacial score (nSPS) is 15.1. The molecule has 3 aromatic carbocycles. The van der Waals surface area contributed by atoms with Gasteiger partial charge in [-0.2, -0.15) is 0 Å². The fourth-order valence-electron chi connectivity index (χ4n) is 4.30. The molecular weight excluding hydrogens is 548 g/mol. The number of terminal acetylenes is 3. The zero-order valence-corrected chi connectivity index (χ0v) is 21.9. The number of aromatic hydroxyl groups is 5. The van der Waals surface area contributed by atoms with Crippen LogP contribution in [0.2, 0.25) is 0 Å². The summed E-state index contributed by atoms with van der Waals surface area (Å²) in [5.41, 5.74) is 0.337. The van der Waals surface area contributed by atoms with Crippen LogP contribution in [0.15, 0.2) is 36.4 Å². The van der Waals surface area contributed by atoms with Crippen molar-refractivity contribution < 1.29 is 54.0 Å². The zero-order valence-electron chi connectivity index (χ0n) is 21.9. The number of phenols is 5. The molecule has 11 heteroatoms. The van der Waals surface area contributed by atoms with E-state index in [2.05, 4.69) is 17.8 Å². The molecule has 1 aliphatic rings. The quantitative estimate of drug-likeness (QED) is 0.189. The lowest BCUT2D eigenvalue weighted by molar-refractivity contribution is -0.0189. The van der Waals surface area contributed by atoms with E-state index < -0.39 is 41.2 Å². The predicted molar refractivity (Wildman–Crippen MR) is 147 cm³/mol. The first-order chi connectivity index (χ1) is 20.2. The zero-order chi connectivity index (χ0) is 30.4. The number of carbonyl (C=O) groups is 1. The van der Waals surface area contributed by atoms with Gasteiger partial charge in [-0.3, -0.25) is 0 Å². The summed E-state index contributed by atoms with van der Waals surface area (Å²) in [5.74, 6) is 3.28. The first-order valence-electron chi connectivity index (χ1n) is 12.2. The van der Waals surface area contributed by atoms with Gasteiger partial charge in [-0.05, 0) is 24.3 Å². The minimum absolute atomic E-state index is 0.0376. The Balaban J connectivity index is 1.74. The summed E-state index contributed by atoms with van der Waals surface area (Å²) >= 11 is 0. The van der Waals surface area contributed by atoms with Crippen LogP contribution < -0.4 is 18.9 Å². The number of benzene rings is 3. The van der Waals surface area contributed by atoms with Crippen molar-refractivity contribution in [3.05, 3.63) is 53.1 Å². The van der Waals surface area contributed by atoms with Gasteiger partial charge in [-0.15, -0.1) is 19.3 Å². The Bertz CT molecular complexity index is 1590. The molecule has 0 fully saturated rings. The second-order valence-corrected chi connectivity index (χ2v) is 8.82. The third kappa shape index (κ3) is 6.09. The molecule has 0 spiro atoms. The van der Waals surface area contributed by atoms with E-state index in [1.807, 2.05) is 0 Å². The third-order valence-corrected chi connectivity index (χ3v) is 6.00. The van der Waals surface area contributed by atoms with Crippen LogP contribution in [-0.4, -0.2) is 57.4 Å². The largest absolute Gasteiger partial charge is 0.508 e. The van der Waals surface area contributed by atoms with Crippen molar-refractivity contribution in [3.8, 4) is 88.8 Å². The summed E-state index contributed by atoms with van der Waals surface area (Å²) in [7, 11) is 0. The van der Waals surface area contributed by atoms with Crippen LogP contribution in [0, 0.1) is 37.0 Å². The molecule has 0 aliphatic carbocycles. The van der Waals surface area contributed by atoms with Gasteiger partial charge in [0.2, 0.25) is 11.5 Å². The molecular formula is C31H24O11. The molecule has 0 saturated carbocycles. The van der Waals surface area contributed by atoms with Crippen LogP contribution >= 0.6 is 0 Å². The van der Waals surface area contributed by atoms with Gasteiger partial charge >= 0.3 is 5.97 Å². The monoisotopic (exact) mass is 572 g/mol. The van der Waals surface area contributed by atoms with Crippen LogP contribution in [-0.2, 0) is 11.2 Å². The molecule has 11 nitrogen and oxygen atoms in total. The number of carbonyl (C=O) groups excluding carboxylic acids is 1. The maximum Gasteiger partial charge on any atom is 0.338 e. The Labute approximate surface area is 240 Å². The highest BCUT2D eigenvalue weighted by molar-refractivity contribution is 5.91. The lowest BCUT2D eigenvalue weighted by Gasteiger charge is -2.34. The molecule has 0 saturated heterocycles. The van der Waals surface area contributed by atoms with Crippen LogP contribution in [0.4, 0.5) is 0 Å². The van der Waals surface area contributed by atoms with E-state index in [1.165, 1.54) is 24.3 Å². The van der Waals surface area contributed by atoms with Crippen molar-refractivity contribution in [1.82, 2.24) is 0 Å². The first kappa shape index (κ1) is 29.0. The number of ether oxygens (including phenoxy) is 5. The molecule has 1 heterocycles. The number of rotatable bonds is 9. The second-order valence-electron chi connectivity index (χ2n) is 8.82. The molecule has 214 valence electrons. The first-order valence-corrected chi connectivity index (χ1v) is 12.2.